The lowest BCUT2D eigenvalue weighted by Crippen LogP contribution is -2.36. The summed E-state index contributed by atoms with van der Waals surface area (Å²) >= 11 is 3.42. The van der Waals surface area contributed by atoms with Crippen molar-refractivity contribution in [1.29, 1.82) is 0 Å². The number of aromatic nitrogens is 1. The van der Waals surface area contributed by atoms with Crippen molar-refractivity contribution in [3.8, 4) is 28.7 Å². The molecule has 0 radical (unpaired) electrons. The van der Waals surface area contributed by atoms with Crippen molar-refractivity contribution >= 4 is 44.3 Å². The molecular weight excluding hydrogens is 647 g/mol. The number of carbonyl (C=O) groups is 2. The largest absolute Gasteiger partial charge is 0.496 e. The molecule has 0 saturated carbocycles. The molecule has 12 heteroatoms. The smallest absolute Gasteiger partial charge is 0.313 e. The Morgan fingerprint density at radius 3 is 2.47 bits per heavy atom. The second kappa shape index (κ2) is 15.0. The van der Waals surface area contributed by atoms with E-state index in [4.69, 9.17) is 18.9 Å². The molecule has 2 heterocycles. The van der Waals surface area contributed by atoms with E-state index in [9.17, 15) is 9.59 Å². The summed E-state index contributed by atoms with van der Waals surface area (Å²) in [5, 5.41) is 8.95. The molecule has 1 fully saturated rings. The summed E-state index contributed by atoms with van der Waals surface area (Å²) in [6.07, 6.45) is 4.16. The van der Waals surface area contributed by atoms with E-state index >= 15 is 4.39 Å². The molecule has 1 saturated heterocycles. The van der Waals surface area contributed by atoms with Crippen LogP contribution in [0.3, 0.4) is 0 Å². The number of fused-ring (bicyclic) bond motifs is 1. The molecule has 2 amide bonds. The molecule has 3 N–H and O–H groups in total. The molecule has 0 aliphatic carbocycles. The van der Waals surface area contributed by atoms with E-state index in [1.165, 1.54) is 12.1 Å². The van der Waals surface area contributed by atoms with Crippen LogP contribution in [0.5, 0.6) is 28.7 Å². The molecule has 5 rings (SSSR count). The van der Waals surface area contributed by atoms with Crippen LogP contribution in [-0.4, -0.2) is 57.3 Å². The maximum atomic E-state index is 15.1. The molecule has 0 atom stereocenters. The van der Waals surface area contributed by atoms with E-state index in [1.54, 1.807) is 38.6 Å². The lowest BCUT2D eigenvalue weighted by Gasteiger charge is -2.23. The number of nitrogens with one attached hydrogen (secondary N) is 3. The number of benzene rings is 3. The van der Waals surface area contributed by atoms with Crippen molar-refractivity contribution < 1.29 is 32.9 Å². The molecule has 1 aliphatic heterocycles. The van der Waals surface area contributed by atoms with Gasteiger partial charge in [-0.1, -0.05) is 6.07 Å². The zero-order valence-corrected chi connectivity index (χ0v) is 26.5. The summed E-state index contributed by atoms with van der Waals surface area (Å²) in [7, 11) is 3.13. The zero-order valence-electron chi connectivity index (χ0n) is 25.0. The van der Waals surface area contributed by atoms with Gasteiger partial charge in [0.25, 0.3) is 0 Å². The third kappa shape index (κ3) is 8.00. The first-order valence-electron chi connectivity index (χ1n) is 14.5. The standard InChI is InChI=1S/C33H34BrFN4O6/c1-42-27-6-3-20(17-24(27)34)11-15-38-32(40)33(41)39-22-4-7-28(25(35)18-22)45-26-12-16-37-30-23(26)5-8-29(31(30)43-2)44-19-21-9-13-36-14-10-21/h3-8,12,16-18,21,36H,9-11,13-15,19H2,1-2H3,(H,38,40)(H,39,41). The summed E-state index contributed by atoms with van der Waals surface area (Å²) in [6.45, 7) is 2.78. The summed E-state index contributed by atoms with van der Waals surface area (Å²) < 4.78 is 38.8. The van der Waals surface area contributed by atoms with Crippen LogP contribution < -0.4 is 34.9 Å². The van der Waals surface area contributed by atoms with Crippen LogP contribution in [0, 0.1) is 11.7 Å². The summed E-state index contributed by atoms with van der Waals surface area (Å²) in [5.74, 6) is 0.0387. The van der Waals surface area contributed by atoms with Gasteiger partial charge < -0.3 is 34.9 Å². The molecular formula is C33H34BrFN4O6. The van der Waals surface area contributed by atoms with Crippen molar-refractivity contribution in [3.05, 3.63) is 76.6 Å². The van der Waals surface area contributed by atoms with Crippen LogP contribution in [0.2, 0.25) is 0 Å². The van der Waals surface area contributed by atoms with Gasteiger partial charge >= 0.3 is 11.8 Å². The van der Waals surface area contributed by atoms with Crippen molar-refractivity contribution in [2.45, 2.75) is 19.3 Å². The number of methoxy groups -OCH3 is 2. The van der Waals surface area contributed by atoms with Gasteiger partial charge in [0.2, 0.25) is 0 Å². The van der Waals surface area contributed by atoms with Crippen molar-refractivity contribution in [3.63, 3.8) is 0 Å². The number of halogens is 2. The quantitative estimate of drug-likeness (QED) is 0.175. The highest BCUT2D eigenvalue weighted by atomic mass is 79.9. The van der Waals surface area contributed by atoms with Crippen LogP contribution >= 0.6 is 15.9 Å². The highest BCUT2D eigenvalue weighted by Gasteiger charge is 2.19. The SMILES string of the molecule is COc1ccc(CCNC(=O)C(=O)Nc2ccc(Oc3ccnc4c(OC)c(OCC5CCNCC5)ccc34)c(F)c2)cc1Br. The lowest BCUT2D eigenvalue weighted by molar-refractivity contribution is -0.136. The molecule has 0 bridgehead atoms. The third-order valence-electron chi connectivity index (χ3n) is 7.46. The minimum absolute atomic E-state index is 0.0687. The van der Waals surface area contributed by atoms with Crippen LogP contribution in [-0.2, 0) is 16.0 Å². The van der Waals surface area contributed by atoms with Gasteiger partial charge in [0.1, 0.15) is 17.0 Å². The van der Waals surface area contributed by atoms with Crippen molar-refractivity contribution in [1.82, 2.24) is 15.6 Å². The van der Waals surface area contributed by atoms with Crippen LogP contribution in [0.25, 0.3) is 10.9 Å². The average molecular weight is 682 g/mol. The van der Waals surface area contributed by atoms with E-state index < -0.39 is 17.6 Å². The van der Waals surface area contributed by atoms with Crippen molar-refractivity contribution in [2.24, 2.45) is 5.92 Å². The molecule has 3 aromatic carbocycles. The first-order valence-corrected chi connectivity index (χ1v) is 15.3. The van der Waals surface area contributed by atoms with E-state index in [1.807, 2.05) is 18.2 Å². The fourth-order valence-corrected chi connectivity index (χ4v) is 5.63. The predicted octanol–water partition coefficient (Wildman–Crippen LogP) is 5.62. The van der Waals surface area contributed by atoms with Gasteiger partial charge in [-0.3, -0.25) is 14.6 Å². The number of carbonyl (C=O) groups excluding carboxylic acids is 2. The molecule has 10 nitrogen and oxygen atoms in total. The third-order valence-corrected chi connectivity index (χ3v) is 8.08. The fourth-order valence-electron chi connectivity index (χ4n) is 5.04. The fraction of sp³-hybridized carbons (Fsp3) is 0.303. The summed E-state index contributed by atoms with van der Waals surface area (Å²) in [6, 6.07) is 14.7. The monoisotopic (exact) mass is 680 g/mol. The van der Waals surface area contributed by atoms with Gasteiger partial charge in [-0.2, -0.15) is 0 Å². The average Bonchev–Trinajstić information content (AvgIpc) is 3.05. The highest BCUT2D eigenvalue weighted by Crippen LogP contribution is 2.40. The minimum Gasteiger partial charge on any atom is -0.496 e. The Morgan fingerprint density at radius 2 is 1.73 bits per heavy atom. The van der Waals surface area contributed by atoms with Gasteiger partial charge in [0.15, 0.2) is 23.1 Å². The molecule has 0 spiro atoms. The Bertz CT molecular complexity index is 1680. The Balaban J connectivity index is 1.20. The number of anilines is 1. The maximum Gasteiger partial charge on any atom is 0.313 e. The number of amides is 2. The van der Waals surface area contributed by atoms with Gasteiger partial charge in [-0.05, 0) is 102 Å². The topological polar surface area (TPSA) is 120 Å². The molecule has 0 unspecified atom stereocenters. The predicted molar refractivity (Wildman–Crippen MR) is 172 cm³/mol. The van der Waals surface area contributed by atoms with Gasteiger partial charge in [0.05, 0.1) is 25.3 Å². The Kier molecular flexibility index (Phi) is 10.7. The zero-order chi connectivity index (χ0) is 31.8. The number of ether oxygens (including phenoxy) is 4. The molecule has 1 aliphatic rings. The number of pyridine rings is 1. The van der Waals surface area contributed by atoms with Crippen LogP contribution in [0.4, 0.5) is 10.1 Å². The van der Waals surface area contributed by atoms with E-state index in [0.29, 0.717) is 52.8 Å². The number of hydrogen-bond acceptors (Lipinski definition) is 8. The number of rotatable bonds is 11. The van der Waals surface area contributed by atoms with Gasteiger partial charge in [0, 0.05) is 29.9 Å². The van der Waals surface area contributed by atoms with Crippen molar-refractivity contribution in [2.75, 3.05) is 45.8 Å². The van der Waals surface area contributed by atoms with E-state index in [2.05, 4.69) is 36.9 Å². The molecule has 4 aromatic rings. The summed E-state index contributed by atoms with van der Waals surface area (Å²) in [4.78, 5) is 29.2. The molecule has 236 valence electrons. The number of piperidine rings is 1. The Hall–Kier alpha value is -4.42. The van der Waals surface area contributed by atoms with E-state index in [-0.39, 0.29) is 18.0 Å². The first kappa shape index (κ1) is 32.0. The Morgan fingerprint density at radius 1 is 0.956 bits per heavy atom. The molecule has 45 heavy (non-hydrogen) atoms. The van der Waals surface area contributed by atoms with Gasteiger partial charge in [-0.15, -0.1) is 0 Å². The maximum absolute atomic E-state index is 15.1. The second-order valence-corrected chi connectivity index (χ2v) is 11.3. The number of hydrogen-bond donors (Lipinski definition) is 3. The van der Waals surface area contributed by atoms with Crippen LogP contribution in [0.1, 0.15) is 18.4 Å². The molecule has 1 aromatic heterocycles. The van der Waals surface area contributed by atoms with Gasteiger partial charge in [-0.25, -0.2) is 4.39 Å². The highest BCUT2D eigenvalue weighted by molar-refractivity contribution is 9.10. The lowest BCUT2D eigenvalue weighted by atomic mass is 9.99. The second-order valence-electron chi connectivity index (χ2n) is 10.5. The first-order chi connectivity index (χ1) is 21.9. The minimum atomic E-state index is -0.913. The summed E-state index contributed by atoms with van der Waals surface area (Å²) in [5.41, 5.74) is 1.58. The Labute approximate surface area is 268 Å². The normalized spacial score (nSPS) is 13.2. The van der Waals surface area contributed by atoms with E-state index in [0.717, 1.165) is 42.0 Å². The van der Waals surface area contributed by atoms with Crippen LogP contribution in [0.15, 0.2) is 65.3 Å². The number of nitrogens with zero attached hydrogens (tertiary/aromatic N) is 1.